The Labute approximate surface area is 196 Å². The van der Waals surface area contributed by atoms with Crippen molar-refractivity contribution in [3.05, 3.63) is 84.1 Å². The molecule has 0 saturated carbocycles. The quantitative estimate of drug-likeness (QED) is 0.403. The number of hydrogen-bond donors (Lipinski definition) is 1. The molecule has 0 spiro atoms. The van der Waals surface area contributed by atoms with Crippen molar-refractivity contribution in [3.8, 4) is 0 Å². The molecule has 0 bridgehead atoms. The third kappa shape index (κ3) is 4.19. The van der Waals surface area contributed by atoms with Gasteiger partial charge in [0.05, 0.1) is 31.5 Å². The SMILES string of the molecule is COC(=O)C1=COC(O)[C@@H]2C(CO[Si](c3ccccc3)(c3ccccc3)C(C)(C)C)=CC[C@H]12. The zero-order chi connectivity index (χ0) is 23.6. The number of fused-ring (bicyclic) bond motifs is 1. The summed E-state index contributed by atoms with van der Waals surface area (Å²) in [5, 5.41) is 12.9. The van der Waals surface area contributed by atoms with E-state index in [0.717, 1.165) is 5.57 Å². The van der Waals surface area contributed by atoms with E-state index in [2.05, 4.69) is 75.4 Å². The van der Waals surface area contributed by atoms with Gasteiger partial charge in [-0.3, -0.25) is 0 Å². The lowest BCUT2D eigenvalue weighted by Gasteiger charge is -2.43. The lowest BCUT2D eigenvalue weighted by molar-refractivity contribution is -0.141. The molecule has 2 aromatic carbocycles. The fourth-order valence-corrected chi connectivity index (χ4v) is 9.80. The highest BCUT2D eigenvalue weighted by Gasteiger charge is 2.51. The van der Waals surface area contributed by atoms with Crippen molar-refractivity contribution in [1.82, 2.24) is 0 Å². The van der Waals surface area contributed by atoms with Crippen LogP contribution in [0.3, 0.4) is 0 Å². The predicted molar refractivity (Wildman–Crippen MR) is 130 cm³/mol. The number of aliphatic hydroxyl groups excluding tert-OH is 1. The van der Waals surface area contributed by atoms with E-state index in [1.165, 1.54) is 23.7 Å². The number of aliphatic hydroxyl groups is 1. The molecular weight excluding hydrogens is 432 g/mol. The van der Waals surface area contributed by atoms with Crippen molar-refractivity contribution in [1.29, 1.82) is 0 Å². The van der Waals surface area contributed by atoms with Crippen LogP contribution < -0.4 is 10.4 Å². The number of esters is 1. The largest absolute Gasteiger partial charge is 0.472 e. The highest BCUT2D eigenvalue weighted by molar-refractivity contribution is 6.99. The Balaban J connectivity index is 1.69. The molecule has 4 rings (SSSR count). The van der Waals surface area contributed by atoms with Crippen LogP contribution in [-0.2, 0) is 18.7 Å². The van der Waals surface area contributed by atoms with Gasteiger partial charge in [0, 0.05) is 5.92 Å². The third-order valence-electron chi connectivity index (χ3n) is 6.83. The first kappa shape index (κ1) is 23.5. The smallest absolute Gasteiger partial charge is 0.337 e. The number of carbonyl (C=O) groups excluding carboxylic acids is 1. The summed E-state index contributed by atoms with van der Waals surface area (Å²) in [4.78, 5) is 12.2. The van der Waals surface area contributed by atoms with Crippen molar-refractivity contribution in [2.24, 2.45) is 11.8 Å². The van der Waals surface area contributed by atoms with Crippen molar-refractivity contribution >= 4 is 24.7 Å². The molecule has 1 aliphatic carbocycles. The third-order valence-corrected chi connectivity index (χ3v) is 11.8. The summed E-state index contributed by atoms with van der Waals surface area (Å²) < 4.78 is 17.4. The second-order valence-electron chi connectivity index (χ2n) is 9.69. The second-order valence-corrected chi connectivity index (χ2v) is 14.0. The fraction of sp³-hybridized carbons (Fsp3) is 0.370. The van der Waals surface area contributed by atoms with Gasteiger partial charge in [-0.05, 0) is 27.4 Å². The Bertz CT molecular complexity index is 1000. The summed E-state index contributed by atoms with van der Waals surface area (Å²) >= 11 is 0. The summed E-state index contributed by atoms with van der Waals surface area (Å²) in [6, 6.07) is 20.9. The van der Waals surface area contributed by atoms with Crippen LogP contribution in [0.1, 0.15) is 27.2 Å². The van der Waals surface area contributed by atoms with Gasteiger partial charge in [-0.15, -0.1) is 0 Å². The molecule has 33 heavy (non-hydrogen) atoms. The van der Waals surface area contributed by atoms with E-state index in [4.69, 9.17) is 13.9 Å². The van der Waals surface area contributed by atoms with Gasteiger partial charge >= 0.3 is 5.97 Å². The molecule has 2 aromatic rings. The van der Waals surface area contributed by atoms with E-state index >= 15 is 0 Å². The molecule has 1 N–H and O–H groups in total. The molecule has 6 heteroatoms. The van der Waals surface area contributed by atoms with Crippen molar-refractivity contribution in [3.63, 3.8) is 0 Å². The first-order valence-electron chi connectivity index (χ1n) is 11.4. The standard InChI is InChI=1S/C27H32O5Si/c1-27(2,3)33(20-11-7-5-8-12-20,21-13-9-6-10-14-21)32-17-19-15-16-22-23(25(28)30-4)18-31-26(29)24(19)22/h5-15,18,22,24,26,29H,16-17H2,1-4H3/t22-,24-,26?/m1/s1. The summed E-state index contributed by atoms with van der Waals surface area (Å²) in [7, 11) is -1.35. The van der Waals surface area contributed by atoms with E-state index in [9.17, 15) is 9.90 Å². The first-order valence-corrected chi connectivity index (χ1v) is 13.3. The maximum absolute atomic E-state index is 12.2. The zero-order valence-corrected chi connectivity index (χ0v) is 20.7. The zero-order valence-electron chi connectivity index (χ0n) is 19.7. The van der Waals surface area contributed by atoms with Crippen LogP contribution in [0, 0.1) is 11.8 Å². The maximum Gasteiger partial charge on any atom is 0.337 e. The second kappa shape index (κ2) is 9.29. The van der Waals surface area contributed by atoms with E-state index in [1.54, 1.807) is 0 Å². The van der Waals surface area contributed by atoms with Crippen LogP contribution in [-0.4, -0.2) is 39.4 Å². The van der Waals surface area contributed by atoms with Gasteiger partial charge in [-0.2, -0.15) is 0 Å². The molecule has 2 aliphatic rings. The number of rotatable bonds is 6. The highest BCUT2D eigenvalue weighted by Crippen LogP contribution is 2.44. The molecule has 174 valence electrons. The lowest BCUT2D eigenvalue weighted by atomic mass is 9.83. The Kier molecular flexibility index (Phi) is 6.61. The molecule has 0 radical (unpaired) electrons. The van der Waals surface area contributed by atoms with Gasteiger partial charge in [0.25, 0.3) is 8.32 Å². The molecule has 0 aromatic heterocycles. The van der Waals surface area contributed by atoms with Gasteiger partial charge in [-0.25, -0.2) is 4.79 Å². The summed E-state index contributed by atoms with van der Waals surface area (Å²) in [5.74, 6) is -0.916. The van der Waals surface area contributed by atoms with Crippen molar-refractivity contribution in [2.45, 2.75) is 38.5 Å². The van der Waals surface area contributed by atoms with Crippen molar-refractivity contribution in [2.75, 3.05) is 13.7 Å². The molecule has 5 nitrogen and oxygen atoms in total. The van der Waals surface area contributed by atoms with Crippen LogP contribution in [0.25, 0.3) is 0 Å². The van der Waals surface area contributed by atoms with E-state index in [-0.39, 0.29) is 16.9 Å². The average molecular weight is 465 g/mol. The minimum atomic E-state index is -2.71. The molecule has 1 aliphatic heterocycles. The maximum atomic E-state index is 12.2. The van der Waals surface area contributed by atoms with Crippen LogP contribution in [0.4, 0.5) is 0 Å². The lowest BCUT2D eigenvalue weighted by Crippen LogP contribution is -2.66. The van der Waals surface area contributed by atoms with Gasteiger partial charge in [0.2, 0.25) is 6.29 Å². The van der Waals surface area contributed by atoms with E-state index in [0.29, 0.717) is 18.6 Å². The fourth-order valence-electron chi connectivity index (χ4n) is 5.26. The van der Waals surface area contributed by atoms with Crippen molar-refractivity contribution < 1.29 is 23.8 Å². The number of allylic oxidation sites excluding steroid dienone is 1. The number of methoxy groups -OCH3 is 1. The highest BCUT2D eigenvalue weighted by atomic mass is 28.4. The average Bonchev–Trinajstić information content (AvgIpc) is 3.25. The topological polar surface area (TPSA) is 65.0 Å². The van der Waals surface area contributed by atoms with Crippen LogP contribution in [0.5, 0.6) is 0 Å². The Morgan fingerprint density at radius 2 is 1.64 bits per heavy atom. The van der Waals surface area contributed by atoms with Gasteiger partial charge in [0.1, 0.15) is 0 Å². The monoisotopic (exact) mass is 464 g/mol. The molecule has 3 atom stereocenters. The number of ether oxygens (including phenoxy) is 2. The molecule has 0 amide bonds. The number of hydrogen-bond acceptors (Lipinski definition) is 5. The Hall–Kier alpha value is -2.67. The van der Waals surface area contributed by atoms with E-state index < -0.39 is 20.6 Å². The molecule has 1 heterocycles. The number of carbonyl (C=O) groups is 1. The van der Waals surface area contributed by atoms with Crippen LogP contribution in [0.2, 0.25) is 5.04 Å². The normalized spacial score (nSPS) is 22.6. The molecule has 1 unspecified atom stereocenters. The molecular formula is C27H32O5Si. The summed E-state index contributed by atoms with van der Waals surface area (Å²) in [6.45, 7) is 7.08. The van der Waals surface area contributed by atoms with Gasteiger partial charge < -0.3 is 19.0 Å². The van der Waals surface area contributed by atoms with Gasteiger partial charge in [-0.1, -0.05) is 87.5 Å². The number of benzene rings is 2. The molecule has 0 fully saturated rings. The Morgan fingerprint density at radius 3 is 2.15 bits per heavy atom. The van der Waals surface area contributed by atoms with Gasteiger partial charge in [0.15, 0.2) is 0 Å². The first-order chi connectivity index (χ1) is 15.8. The minimum Gasteiger partial charge on any atom is -0.472 e. The summed E-state index contributed by atoms with van der Waals surface area (Å²) in [5.41, 5.74) is 1.43. The summed E-state index contributed by atoms with van der Waals surface area (Å²) in [6.07, 6.45) is 3.06. The Morgan fingerprint density at radius 1 is 1.06 bits per heavy atom. The van der Waals surface area contributed by atoms with Crippen LogP contribution in [0.15, 0.2) is 84.1 Å². The minimum absolute atomic E-state index is 0.146. The van der Waals surface area contributed by atoms with Crippen LogP contribution >= 0.6 is 0 Å². The van der Waals surface area contributed by atoms with E-state index in [1.807, 2.05) is 12.1 Å². The predicted octanol–water partition coefficient (Wildman–Crippen LogP) is 3.53. The molecule has 0 saturated heterocycles.